The van der Waals surface area contributed by atoms with Crippen molar-refractivity contribution in [2.45, 2.75) is 26.3 Å². The summed E-state index contributed by atoms with van der Waals surface area (Å²) >= 11 is 1.58. The third-order valence-corrected chi connectivity index (χ3v) is 4.03. The number of carboxylic acids is 1. The molecule has 4 nitrogen and oxygen atoms in total. The monoisotopic (exact) mass is 253 g/mol. The Hall–Kier alpha value is -1.36. The van der Waals surface area contributed by atoms with E-state index in [-0.39, 0.29) is 5.91 Å². The van der Waals surface area contributed by atoms with Crippen LogP contribution in [-0.2, 0) is 16.1 Å². The Morgan fingerprint density at radius 2 is 2.24 bits per heavy atom. The predicted molar refractivity (Wildman–Crippen MR) is 64.7 cm³/mol. The van der Waals surface area contributed by atoms with Crippen molar-refractivity contribution in [3.05, 3.63) is 22.4 Å². The maximum absolute atomic E-state index is 12.2. The van der Waals surface area contributed by atoms with Crippen LogP contribution in [0.5, 0.6) is 0 Å². The van der Waals surface area contributed by atoms with Gasteiger partial charge in [-0.2, -0.15) is 0 Å². The summed E-state index contributed by atoms with van der Waals surface area (Å²) in [6.07, 6.45) is 0.949. The molecule has 1 N–H and O–H groups in total. The Kier molecular flexibility index (Phi) is 3.19. The van der Waals surface area contributed by atoms with E-state index in [0.717, 1.165) is 4.88 Å². The highest BCUT2D eigenvalue weighted by Gasteiger charge is 2.58. The van der Waals surface area contributed by atoms with E-state index in [1.807, 2.05) is 24.4 Å². The van der Waals surface area contributed by atoms with Crippen LogP contribution in [0.2, 0.25) is 0 Å². The van der Waals surface area contributed by atoms with Crippen LogP contribution in [0.4, 0.5) is 0 Å². The SMILES string of the molecule is CCN(Cc1cccs1)C(=O)C1(C(=O)O)CC1. The first-order valence-corrected chi connectivity index (χ1v) is 6.53. The van der Waals surface area contributed by atoms with Gasteiger partial charge in [0, 0.05) is 11.4 Å². The van der Waals surface area contributed by atoms with E-state index in [4.69, 9.17) is 5.11 Å². The number of thiophene rings is 1. The summed E-state index contributed by atoms with van der Waals surface area (Å²) in [5.74, 6) is -1.21. The number of amides is 1. The van der Waals surface area contributed by atoms with Gasteiger partial charge in [0.25, 0.3) is 0 Å². The van der Waals surface area contributed by atoms with Crippen LogP contribution in [0.1, 0.15) is 24.6 Å². The molecule has 1 aliphatic rings. The first-order valence-electron chi connectivity index (χ1n) is 5.65. The molecule has 1 aromatic rings. The summed E-state index contributed by atoms with van der Waals surface area (Å²) < 4.78 is 0. The van der Waals surface area contributed by atoms with Gasteiger partial charge >= 0.3 is 5.97 Å². The maximum atomic E-state index is 12.2. The summed E-state index contributed by atoms with van der Waals surface area (Å²) in [5, 5.41) is 11.1. The fourth-order valence-electron chi connectivity index (χ4n) is 1.86. The third kappa shape index (κ3) is 2.20. The Bertz CT molecular complexity index is 423. The normalized spacial score (nSPS) is 16.5. The molecule has 0 unspecified atom stereocenters. The molecule has 0 atom stereocenters. The van der Waals surface area contributed by atoms with Crippen LogP contribution < -0.4 is 0 Å². The van der Waals surface area contributed by atoms with Crippen LogP contribution in [0.25, 0.3) is 0 Å². The van der Waals surface area contributed by atoms with Gasteiger partial charge in [0.2, 0.25) is 5.91 Å². The average molecular weight is 253 g/mol. The highest BCUT2D eigenvalue weighted by Crippen LogP contribution is 2.47. The zero-order valence-electron chi connectivity index (χ0n) is 9.68. The van der Waals surface area contributed by atoms with Crippen LogP contribution in [0.3, 0.4) is 0 Å². The van der Waals surface area contributed by atoms with E-state index >= 15 is 0 Å². The summed E-state index contributed by atoms with van der Waals surface area (Å²) in [4.78, 5) is 26.0. The Morgan fingerprint density at radius 1 is 1.53 bits per heavy atom. The minimum Gasteiger partial charge on any atom is -0.480 e. The summed E-state index contributed by atoms with van der Waals surface area (Å²) in [6.45, 7) is 2.94. The topological polar surface area (TPSA) is 57.6 Å². The molecule has 1 aliphatic carbocycles. The summed E-state index contributed by atoms with van der Waals surface area (Å²) in [5.41, 5.74) is -1.12. The van der Waals surface area contributed by atoms with Gasteiger partial charge < -0.3 is 10.0 Å². The highest BCUT2D eigenvalue weighted by atomic mass is 32.1. The van der Waals surface area contributed by atoms with Crippen molar-refractivity contribution >= 4 is 23.2 Å². The van der Waals surface area contributed by atoms with Crippen molar-refractivity contribution in [2.75, 3.05) is 6.54 Å². The van der Waals surface area contributed by atoms with E-state index in [1.54, 1.807) is 16.2 Å². The number of aliphatic carboxylic acids is 1. The van der Waals surface area contributed by atoms with Gasteiger partial charge in [0.05, 0.1) is 6.54 Å². The summed E-state index contributed by atoms with van der Waals surface area (Å²) in [7, 11) is 0. The van der Waals surface area contributed by atoms with E-state index in [9.17, 15) is 9.59 Å². The van der Waals surface area contributed by atoms with Gasteiger partial charge in [0.15, 0.2) is 0 Å². The predicted octanol–water partition coefficient (Wildman–Crippen LogP) is 1.96. The average Bonchev–Trinajstić information content (AvgIpc) is 2.98. The van der Waals surface area contributed by atoms with E-state index in [2.05, 4.69) is 0 Å². The van der Waals surface area contributed by atoms with Gasteiger partial charge in [-0.25, -0.2) is 0 Å². The number of nitrogens with zero attached hydrogens (tertiary/aromatic N) is 1. The van der Waals surface area contributed by atoms with Crippen LogP contribution in [0, 0.1) is 5.41 Å². The van der Waals surface area contributed by atoms with Crippen molar-refractivity contribution < 1.29 is 14.7 Å². The van der Waals surface area contributed by atoms with Crippen LogP contribution in [0.15, 0.2) is 17.5 Å². The molecule has 0 bridgehead atoms. The minimum atomic E-state index is -1.12. The zero-order chi connectivity index (χ0) is 12.5. The van der Waals surface area contributed by atoms with Crippen molar-refractivity contribution in [1.29, 1.82) is 0 Å². The quantitative estimate of drug-likeness (QED) is 0.816. The van der Waals surface area contributed by atoms with Crippen molar-refractivity contribution in [1.82, 2.24) is 4.90 Å². The lowest BCUT2D eigenvalue weighted by molar-refractivity contribution is -0.153. The van der Waals surface area contributed by atoms with Gasteiger partial charge in [-0.15, -0.1) is 11.3 Å². The maximum Gasteiger partial charge on any atom is 0.319 e. The molecule has 0 aromatic carbocycles. The molecule has 5 heteroatoms. The second kappa shape index (κ2) is 4.49. The fourth-order valence-corrected chi connectivity index (χ4v) is 2.58. The molecule has 0 radical (unpaired) electrons. The number of carbonyl (C=O) groups is 2. The van der Waals surface area contributed by atoms with Gasteiger partial charge in [-0.05, 0) is 31.2 Å². The Labute approximate surface area is 104 Å². The third-order valence-electron chi connectivity index (χ3n) is 3.16. The first kappa shape index (κ1) is 12.1. The molecule has 17 heavy (non-hydrogen) atoms. The number of rotatable bonds is 5. The number of hydrogen-bond acceptors (Lipinski definition) is 3. The highest BCUT2D eigenvalue weighted by molar-refractivity contribution is 7.09. The smallest absolute Gasteiger partial charge is 0.319 e. The molecule has 2 rings (SSSR count). The van der Waals surface area contributed by atoms with Crippen molar-refractivity contribution in [2.24, 2.45) is 5.41 Å². The number of carbonyl (C=O) groups excluding carboxylic acids is 1. The molecular formula is C12H15NO3S. The molecule has 1 fully saturated rings. The van der Waals surface area contributed by atoms with E-state index < -0.39 is 11.4 Å². The summed E-state index contributed by atoms with van der Waals surface area (Å²) in [6, 6.07) is 3.89. The fraction of sp³-hybridized carbons (Fsp3) is 0.500. The van der Waals surface area contributed by atoms with E-state index in [0.29, 0.717) is 25.9 Å². The van der Waals surface area contributed by atoms with Gasteiger partial charge in [0.1, 0.15) is 5.41 Å². The lowest BCUT2D eigenvalue weighted by atomic mass is 10.1. The molecule has 1 amide bonds. The molecule has 92 valence electrons. The van der Waals surface area contributed by atoms with Gasteiger partial charge in [-0.3, -0.25) is 9.59 Å². The first-order chi connectivity index (χ1) is 8.10. The molecule has 0 saturated heterocycles. The molecule has 1 saturated carbocycles. The molecule has 0 aliphatic heterocycles. The van der Waals surface area contributed by atoms with E-state index in [1.165, 1.54) is 0 Å². The minimum absolute atomic E-state index is 0.235. The second-order valence-corrected chi connectivity index (χ2v) is 5.32. The van der Waals surface area contributed by atoms with Gasteiger partial charge in [-0.1, -0.05) is 6.07 Å². The Balaban J connectivity index is 2.09. The molecular weight excluding hydrogens is 238 g/mol. The van der Waals surface area contributed by atoms with Crippen LogP contribution >= 0.6 is 11.3 Å². The van der Waals surface area contributed by atoms with Crippen LogP contribution in [-0.4, -0.2) is 28.4 Å². The molecule has 0 spiro atoms. The standard InChI is InChI=1S/C12H15NO3S/c1-2-13(8-9-4-3-7-17-9)10(14)12(5-6-12)11(15)16/h3-4,7H,2,5-6,8H2,1H3,(H,15,16). The molecule has 1 heterocycles. The lowest BCUT2D eigenvalue weighted by Crippen LogP contribution is -2.40. The lowest BCUT2D eigenvalue weighted by Gasteiger charge is -2.23. The second-order valence-electron chi connectivity index (χ2n) is 4.29. The largest absolute Gasteiger partial charge is 0.480 e. The number of hydrogen-bond donors (Lipinski definition) is 1. The van der Waals surface area contributed by atoms with Crippen molar-refractivity contribution in [3.63, 3.8) is 0 Å². The van der Waals surface area contributed by atoms with Crippen molar-refractivity contribution in [3.8, 4) is 0 Å². The number of carboxylic acid groups (broad SMARTS) is 1. The zero-order valence-corrected chi connectivity index (χ0v) is 10.5. The Morgan fingerprint density at radius 3 is 2.65 bits per heavy atom. The molecule has 1 aromatic heterocycles.